The molecule has 1 unspecified atom stereocenters. The lowest BCUT2D eigenvalue weighted by atomic mass is 10.1. The Labute approximate surface area is 396 Å². The minimum absolute atomic E-state index is 0.0859. The van der Waals surface area contributed by atoms with E-state index in [0.29, 0.717) is 19.3 Å². The monoisotopic (exact) mass is 895 g/mol. The molecule has 0 aromatic heterocycles. The molecule has 64 heavy (non-hydrogen) atoms. The molecular weight excluding hydrogens is 793 g/mol. The van der Waals surface area contributed by atoms with Crippen LogP contribution in [0.3, 0.4) is 0 Å². The van der Waals surface area contributed by atoms with Crippen molar-refractivity contribution in [1.29, 1.82) is 0 Å². The van der Waals surface area contributed by atoms with E-state index in [1.807, 2.05) is 0 Å². The zero-order valence-electron chi connectivity index (χ0n) is 42.3. The van der Waals surface area contributed by atoms with Crippen molar-refractivity contribution in [2.45, 2.75) is 277 Å². The lowest BCUT2D eigenvalue weighted by Gasteiger charge is -2.18. The Kier molecular flexibility index (Phi) is 50.4. The van der Waals surface area contributed by atoms with Crippen LogP contribution < -0.4 is 0 Å². The van der Waals surface area contributed by atoms with Gasteiger partial charge in [-0.2, -0.15) is 0 Å². The van der Waals surface area contributed by atoms with Gasteiger partial charge in [0.15, 0.2) is 6.10 Å². The summed E-state index contributed by atoms with van der Waals surface area (Å²) in [6.45, 7) is 6.49. The van der Waals surface area contributed by atoms with Gasteiger partial charge in [0.25, 0.3) is 0 Å². The van der Waals surface area contributed by atoms with Crippen LogP contribution in [0.1, 0.15) is 271 Å². The van der Waals surface area contributed by atoms with Crippen LogP contribution in [0.5, 0.6) is 0 Å². The Bertz CT molecular complexity index is 1170. The van der Waals surface area contributed by atoms with Crippen LogP contribution in [-0.4, -0.2) is 37.2 Å². The molecule has 370 valence electrons. The van der Waals surface area contributed by atoms with Crippen molar-refractivity contribution in [2.75, 3.05) is 13.2 Å². The van der Waals surface area contributed by atoms with Crippen molar-refractivity contribution < 1.29 is 28.6 Å². The van der Waals surface area contributed by atoms with Crippen molar-refractivity contribution in [3.8, 4) is 0 Å². The fourth-order valence-electron chi connectivity index (χ4n) is 7.67. The number of unbranched alkanes of at least 4 members (excludes halogenated alkanes) is 30. The molecule has 0 heterocycles. The molecule has 0 aromatic rings. The fourth-order valence-corrected chi connectivity index (χ4v) is 7.67. The van der Waals surface area contributed by atoms with Crippen molar-refractivity contribution >= 4 is 17.9 Å². The summed E-state index contributed by atoms with van der Waals surface area (Å²) in [5.74, 6) is -0.913. The standard InChI is InChI=1S/C58H102O6/c1-4-7-10-13-16-19-22-25-27-29-31-33-36-39-42-45-48-51-57(60)63-54-55(53-62-56(59)50-47-44-41-38-35-32-24-21-18-15-12-9-6-3)64-58(61)52-49-46-43-40-37-34-30-28-26-23-20-17-14-11-8-5-2/h9,12,15,18,21,24-25,27-28,30,55H,4-8,10-11,13-14,16-17,19-20,22-23,26,29,31-54H2,1-3H3/b12-9-,18-15-,24-21-,27-25-,30-28-. The molecule has 0 saturated heterocycles. The molecule has 0 fully saturated rings. The van der Waals surface area contributed by atoms with Gasteiger partial charge in [0.1, 0.15) is 13.2 Å². The first kappa shape index (κ1) is 61.1. The first-order chi connectivity index (χ1) is 31.5. The third-order valence-electron chi connectivity index (χ3n) is 11.8. The van der Waals surface area contributed by atoms with Gasteiger partial charge in [-0.3, -0.25) is 14.4 Å². The minimum Gasteiger partial charge on any atom is -0.462 e. The molecule has 0 radical (unpaired) electrons. The summed E-state index contributed by atoms with van der Waals surface area (Å²) in [6.07, 6.45) is 64.9. The first-order valence-electron chi connectivity index (χ1n) is 27.3. The van der Waals surface area contributed by atoms with Crippen LogP contribution >= 0.6 is 0 Å². The largest absolute Gasteiger partial charge is 0.462 e. The number of allylic oxidation sites excluding steroid dienone is 10. The lowest BCUT2D eigenvalue weighted by Crippen LogP contribution is -2.30. The molecule has 0 rings (SSSR count). The summed E-state index contributed by atoms with van der Waals surface area (Å²) in [7, 11) is 0. The molecule has 0 aromatic carbocycles. The van der Waals surface area contributed by atoms with Gasteiger partial charge in [0.05, 0.1) is 0 Å². The highest BCUT2D eigenvalue weighted by atomic mass is 16.6. The zero-order chi connectivity index (χ0) is 46.5. The predicted octanol–water partition coefficient (Wildman–Crippen LogP) is 18.0. The van der Waals surface area contributed by atoms with E-state index < -0.39 is 6.10 Å². The molecule has 0 aliphatic carbocycles. The molecule has 0 amide bonds. The normalized spacial score (nSPS) is 12.5. The van der Waals surface area contributed by atoms with Gasteiger partial charge in [0.2, 0.25) is 0 Å². The van der Waals surface area contributed by atoms with E-state index >= 15 is 0 Å². The van der Waals surface area contributed by atoms with Crippen LogP contribution in [0.25, 0.3) is 0 Å². The minimum atomic E-state index is -0.788. The van der Waals surface area contributed by atoms with E-state index in [4.69, 9.17) is 14.2 Å². The van der Waals surface area contributed by atoms with Crippen LogP contribution in [0, 0.1) is 0 Å². The summed E-state index contributed by atoms with van der Waals surface area (Å²) in [4.78, 5) is 38.0. The maximum Gasteiger partial charge on any atom is 0.306 e. The Morgan fingerprint density at radius 1 is 0.328 bits per heavy atom. The van der Waals surface area contributed by atoms with Gasteiger partial charge in [-0.25, -0.2) is 0 Å². The second kappa shape index (κ2) is 52.7. The summed E-state index contributed by atoms with van der Waals surface area (Å²) in [5, 5.41) is 0. The van der Waals surface area contributed by atoms with E-state index in [1.54, 1.807) is 0 Å². The van der Waals surface area contributed by atoms with Gasteiger partial charge in [-0.15, -0.1) is 0 Å². The number of ether oxygens (including phenoxy) is 3. The number of rotatable bonds is 49. The Morgan fingerprint density at radius 3 is 0.984 bits per heavy atom. The van der Waals surface area contributed by atoms with Crippen molar-refractivity contribution in [3.63, 3.8) is 0 Å². The quantitative estimate of drug-likeness (QED) is 0.0199. The second-order valence-electron chi connectivity index (χ2n) is 18.2. The third-order valence-corrected chi connectivity index (χ3v) is 11.8. The van der Waals surface area contributed by atoms with Crippen LogP contribution in [0.4, 0.5) is 0 Å². The van der Waals surface area contributed by atoms with Crippen molar-refractivity contribution in [2.24, 2.45) is 0 Å². The van der Waals surface area contributed by atoms with Gasteiger partial charge in [-0.1, -0.05) is 223 Å². The summed E-state index contributed by atoms with van der Waals surface area (Å²) >= 11 is 0. The molecule has 1 atom stereocenters. The van der Waals surface area contributed by atoms with Gasteiger partial charge < -0.3 is 14.2 Å². The van der Waals surface area contributed by atoms with E-state index in [9.17, 15) is 14.4 Å². The molecule has 0 aliphatic heterocycles. The van der Waals surface area contributed by atoms with Crippen LogP contribution in [0.15, 0.2) is 60.8 Å². The number of hydrogen-bond acceptors (Lipinski definition) is 6. The predicted molar refractivity (Wildman–Crippen MR) is 275 cm³/mol. The molecule has 0 bridgehead atoms. The maximum atomic E-state index is 12.8. The Hall–Kier alpha value is -2.89. The average molecular weight is 895 g/mol. The smallest absolute Gasteiger partial charge is 0.306 e. The van der Waals surface area contributed by atoms with Gasteiger partial charge in [-0.05, 0) is 89.9 Å². The summed E-state index contributed by atoms with van der Waals surface area (Å²) < 4.78 is 16.8. The van der Waals surface area contributed by atoms with E-state index in [1.165, 1.54) is 135 Å². The Morgan fingerprint density at radius 2 is 0.625 bits per heavy atom. The lowest BCUT2D eigenvalue weighted by molar-refractivity contribution is -0.167. The average Bonchev–Trinajstić information content (AvgIpc) is 3.29. The van der Waals surface area contributed by atoms with Crippen LogP contribution in [0.2, 0.25) is 0 Å². The first-order valence-corrected chi connectivity index (χ1v) is 27.3. The number of esters is 3. The SMILES string of the molecule is CC\C=C/C=C\C=C/CCCCCCCC(=O)OCC(COC(=O)CCCCCCCCC/C=C\CCCCCCCC)OC(=O)CCCCCCC/C=C\CCCCCCCCC. The van der Waals surface area contributed by atoms with Gasteiger partial charge >= 0.3 is 17.9 Å². The number of carbonyl (C=O) groups is 3. The Balaban J connectivity index is 4.40. The highest BCUT2D eigenvalue weighted by molar-refractivity contribution is 5.71. The summed E-state index contributed by atoms with van der Waals surface area (Å²) in [5.41, 5.74) is 0. The second-order valence-corrected chi connectivity index (χ2v) is 18.2. The number of carbonyl (C=O) groups excluding carboxylic acids is 3. The van der Waals surface area contributed by atoms with E-state index in [0.717, 1.165) is 96.3 Å². The molecule has 0 aliphatic rings. The highest BCUT2D eigenvalue weighted by Crippen LogP contribution is 2.15. The van der Waals surface area contributed by atoms with E-state index in [2.05, 4.69) is 81.5 Å². The third kappa shape index (κ3) is 50.1. The molecule has 6 nitrogen and oxygen atoms in total. The molecule has 0 saturated carbocycles. The van der Waals surface area contributed by atoms with E-state index in [-0.39, 0.29) is 31.1 Å². The van der Waals surface area contributed by atoms with Crippen molar-refractivity contribution in [1.82, 2.24) is 0 Å². The molecular formula is C58H102O6. The highest BCUT2D eigenvalue weighted by Gasteiger charge is 2.19. The summed E-state index contributed by atoms with van der Waals surface area (Å²) in [6, 6.07) is 0. The van der Waals surface area contributed by atoms with Crippen molar-refractivity contribution in [3.05, 3.63) is 60.8 Å². The van der Waals surface area contributed by atoms with Gasteiger partial charge in [0, 0.05) is 19.3 Å². The zero-order valence-corrected chi connectivity index (χ0v) is 42.3. The topological polar surface area (TPSA) is 78.9 Å². The molecule has 6 heteroatoms. The number of hydrogen-bond donors (Lipinski definition) is 0. The fraction of sp³-hybridized carbons (Fsp3) is 0.776. The van der Waals surface area contributed by atoms with Crippen LogP contribution in [-0.2, 0) is 28.6 Å². The molecule has 0 N–H and O–H groups in total. The molecule has 0 spiro atoms. The maximum absolute atomic E-state index is 12.8.